The molecule has 0 radical (unpaired) electrons. The summed E-state index contributed by atoms with van der Waals surface area (Å²) in [7, 11) is 3.98. The van der Waals surface area contributed by atoms with E-state index in [1.165, 1.54) is 16.7 Å². The van der Waals surface area contributed by atoms with E-state index < -0.39 is 0 Å². The van der Waals surface area contributed by atoms with Crippen LogP contribution in [-0.4, -0.2) is 38.0 Å². The van der Waals surface area contributed by atoms with Crippen molar-refractivity contribution in [2.24, 2.45) is 0 Å². The number of likely N-dealkylation sites (N-methyl/N-ethyl adjacent to an activating group) is 1. The van der Waals surface area contributed by atoms with Crippen molar-refractivity contribution in [3.8, 4) is 16.9 Å². The lowest BCUT2D eigenvalue weighted by atomic mass is 10.0. The van der Waals surface area contributed by atoms with Gasteiger partial charge in [0.15, 0.2) is 0 Å². The lowest BCUT2D eigenvalue weighted by Crippen LogP contribution is -2.32. The van der Waals surface area contributed by atoms with Crippen LogP contribution in [0.3, 0.4) is 0 Å². The second-order valence-corrected chi connectivity index (χ2v) is 9.56. The number of rotatable bonds is 9. The molecule has 5 heteroatoms. The molecule has 1 N–H and O–H groups in total. The molecule has 0 aliphatic heterocycles. The molecule has 192 valence electrons. The SMILES string of the molecule is CN(C)CCNC(=O)Cc1ccc(OCc2ccc(-c3ccccc3)cc2)cc1.Cc1cccc(Cl)c1. The van der Waals surface area contributed by atoms with Gasteiger partial charge in [-0.15, -0.1) is 0 Å². The third kappa shape index (κ3) is 10.5. The predicted octanol–water partition coefficient (Wildman–Crippen LogP) is 6.80. The Labute approximate surface area is 225 Å². The smallest absolute Gasteiger partial charge is 0.224 e. The Kier molecular flexibility index (Phi) is 11.2. The Morgan fingerprint density at radius 3 is 2.05 bits per heavy atom. The van der Waals surface area contributed by atoms with E-state index in [9.17, 15) is 4.79 Å². The Bertz CT molecular complexity index is 1210. The fraction of sp³-hybridized carbons (Fsp3) is 0.219. The van der Waals surface area contributed by atoms with E-state index in [4.69, 9.17) is 16.3 Å². The van der Waals surface area contributed by atoms with Crippen LogP contribution in [0.1, 0.15) is 16.7 Å². The van der Waals surface area contributed by atoms with Gasteiger partial charge in [-0.1, -0.05) is 90.5 Å². The van der Waals surface area contributed by atoms with Crippen LogP contribution < -0.4 is 10.1 Å². The van der Waals surface area contributed by atoms with Crippen molar-refractivity contribution in [3.05, 3.63) is 125 Å². The first-order valence-corrected chi connectivity index (χ1v) is 12.8. The number of ether oxygens (including phenoxy) is 1. The van der Waals surface area contributed by atoms with Gasteiger partial charge in [-0.25, -0.2) is 0 Å². The summed E-state index contributed by atoms with van der Waals surface area (Å²) >= 11 is 5.64. The van der Waals surface area contributed by atoms with Crippen molar-refractivity contribution in [3.63, 3.8) is 0 Å². The Morgan fingerprint density at radius 1 is 0.811 bits per heavy atom. The van der Waals surface area contributed by atoms with Crippen molar-refractivity contribution in [2.75, 3.05) is 27.2 Å². The second-order valence-electron chi connectivity index (χ2n) is 9.12. The van der Waals surface area contributed by atoms with Gasteiger partial charge in [0.1, 0.15) is 12.4 Å². The molecule has 4 aromatic rings. The monoisotopic (exact) mass is 514 g/mol. The molecular formula is C32H35ClN2O2. The van der Waals surface area contributed by atoms with Gasteiger partial charge in [-0.3, -0.25) is 4.79 Å². The van der Waals surface area contributed by atoms with Crippen molar-refractivity contribution in [1.29, 1.82) is 0 Å². The maximum atomic E-state index is 12.0. The minimum atomic E-state index is 0.0408. The van der Waals surface area contributed by atoms with Gasteiger partial charge >= 0.3 is 0 Å². The number of carbonyl (C=O) groups excluding carboxylic acids is 1. The molecule has 0 aromatic heterocycles. The molecule has 0 saturated heterocycles. The number of aryl methyl sites for hydroxylation is 1. The number of nitrogens with zero attached hydrogens (tertiary/aromatic N) is 1. The predicted molar refractivity (Wildman–Crippen MR) is 154 cm³/mol. The highest BCUT2D eigenvalue weighted by molar-refractivity contribution is 6.30. The zero-order valence-corrected chi connectivity index (χ0v) is 22.5. The van der Waals surface area contributed by atoms with E-state index in [0.717, 1.165) is 28.4 Å². The summed E-state index contributed by atoms with van der Waals surface area (Å²) < 4.78 is 5.88. The summed E-state index contributed by atoms with van der Waals surface area (Å²) in [4.78, 5) is 14.0. The first-order valence-electron chi connectivity index (χ1n) is 12.4. The Balaban J connectivity index is 0.000000405. The molecule has 4 aromatic carbocycles. The summed E-state index contributed by atoms with van der Waals surface area (Å²) in [5, 5.41) is 3.74. The average Bonchev–Trinajstić information content (AvgIpc) is 2.89. The number of benzene rings is 4. The molecule has 4 rings (SSSR count). The number of amides is 1. The van der Waals surface area contributed by atoms with E-state index >= 15 is 0 Å². The van der Waals surface area contributed by atoms with Crippen LogP contribution in [0.5, 0.6) is 5.75 Å². The minimum Gasteiger partial charge on any atom is -0.489 e. The highest BCUT2D eigenvalue weighted by Crippen LogP contribution is 2.20. The van der Waals surface area contributed by atoms with Gasteiger partial charge in [-0.2, -0.15) is 0 Å². The van der Waals surface area contributed by atoms with Crippen molar-refractivity contribution >= 4 is 17.5 Å². The second kappa shape index (κ2) is 14.8. The highest BCUT2D eigenvalue weighted by Gasteiger charge is 2.04. The van der Waals surface area contributed by atoms with Crippen molar-refractivity contribution in [2.45, 2.75) is 20.0 Å². The number of halogens is 1. The zero-order chi connectivity index (χ0) is 26.5. The lowest BCUT2D eigenvalue weighted by Gasteiger charge is -2.11. The number of carbonyl (C=O) groups is 1. The Morgan fingerprint density at radius 2 is 1.46 bits per heavy atom. The van der Waals surface area contributed by atoms with Crippen molar-refractivity contribution in [1.82, 2.24) is 10.2 Å². The first kappa shape index (κ1) is 28.0. The topological polar surface area (TPSA) is 41.6 Å². The van der Waals surface area contributed by atoms with Gasteiger partial charge in [0.05, 0.1) is 6.42 Å². The fourth-order valence-electron chi connectivity index (χ4n) is 3.57. The fourth-order valence-corrected chi connectivity index (χ4v) is 3.81. The molecule has 0 saturated carbocycles. The molecule has 0 bridgehead atoms. The van der Waals surface area contributed by atoms with Crippen LogP contribution >= 0.6 is 11.6 Å². The van der Waals surface area contributed by atoms with E-state index in [1.54, 1.807) is 0 Å². The molecule has 0 fully saturated rings. The third-order valence-electron chi connectivity index (χ3n) is 5.62. The van der Waals surface area contributed by atoms with Crippen molar-refractivity contribution < 1.29 is 9.53 Å². The Hall–Kier alpha value is -3.60. The molecular weight excluding hydrogens is 480 g/mol. The normalized spacial score (nSPS) is 10.4. The van der Waals surface area contributed by atoms with Gasteiger partial charge in [0.25, 0.3) is 0 Å². The van der Waals surface area contributed by atoms with E-state index in [1.807, 2.05) is 92.6 Å². The summed E-state index contributed by atoms with van der Waals surface area (Å²) in [5.41, 5.74) is 5.71. The zero-order valence-electron chi connectivity index (χ0n) is 21.8. The maximum absolute atomic E-state index is 12.0. The molecule has 4 nitrogen and oxygen atoms in total. The lowest BCUT2D eigenvalue weighted by molar-refractivity contribution is -0.120. The van der Waals surface area contributed by atoms with Crippen LogP contribution in [0.2, 0.25) is 5.02 Å². The number of nitrogens with one attached hydrogen (secondary N) is 1. The molecule has 0 spiro atoms. The van der Waals surface area contributed by atoms with Gasteiger partial charge in [-0.05, 0) is 73.1 Å². The standard InChI is InChI=1S/C25H28N2O2.C7H7Cl/c1-27(2)17-16-26-25(28)18-20-10-14-24(15-11-20)29-19-21-8-12-23(13-9-21)22-6-4-3-5-7-22;1-6-3-2-4-7(8)5-6/h3-15H,16-19H2,1-2H3,(H,26,28);2-5H,1H3. The summed E-state index contributed by atoms with van der Waals surface area (Å²) in [6.07, 6.45) is 0.384. The van der Waals surface area contributed by atoms with Gasteiger partial charge < -0.3 is 15.0 Å². The highest BCUT2D eigenvalue weighted by atomic mass is 35.5. The van der Waals surface area contributed by atoms with Gasteiger partial charge in [0.2, 0.25) is 5.91 Å². The molecule has 0 atom stereocenters. The molecule has 0 heterocycles. The maximum Gasteiger partial charge on any atom is 0.224 e. The van der Waals surface area contributed by atoms with E-state index in [-0.39, 0.29) is 5.91 Å². The quantitative estimate of drug-likeness (QED) is 0.267. The summed E-state index contributed by atoms with van der Waals surface area (Å²) in [6.45, 7) is 4.03. The van der Waals surface area contributed by atoms with Crippen LogP contribution in [-0.2, 0) is 17.8 Å². The first-order chi connectivity index (χ1) is 17.9. The van der Waals surface area contributed by atoms with E-state index in [0.29, 0.717) is 19.6 Å². The number of hydrogen-bond donors (Lipinski definition) is 1. The largest absolute Gasteiger partial charge is 0.489 e. The van der Waals surface area contributed by atoms with Crippen LogP contribution in [0.15, 0.2) is 103 Å². The third-order valence-corrected chi connectivity index (χ3v) is 5.85. The molecule has 0 aliphatic carbocycles. The number of hydrogen-bond acceptors (Lipinski definition) is 3. The average molecular weight is 515 g/mol. The van der Waals surface area contributed by atoms with Crippen LogP contribution in [0, 0.1) is 6.92 Å². The molecule has 37 heavy (non-hydrogen) atoms. The molecule has 0 unspecified atom stereocenters. The van der Waals surface area contributed by atoms with E-state index in [2.05, 4.69) is 41.7 Å². The molecule has 0 aliphatic rings. The molecule has 1 amide bonds. The summed E-state index contributed by atoms with van der Waals surface area (Å²) in [5.74, 6) is 0.841. The minimum absolute atomic E-state index is 0.0408. The van der Waals surface area contributed by atoms with Gasteiger partial charge in [0, 0.05) is 18.1 Å². The summed E-state index contributed by atoms with van der Waals surface area (Å²) in [6, 6.07) is 34.2. The van der Waals surface area contributed by atoms with Crippen LogP contribution in [0.4, 0.5) is 0 Å². The van der Waals surface area contributed by atoms with Crippen LogP contribution in [0.25, 0.3) is 11.1 Å².